The maximum Gasteiger partial charge on any atom is 0.356 e. The van der Waals surface area contributed by atoms with E-state index in [1.54, 1.807) is 20.8 Å². The summed E-state index contributed by atoms with van der Waals surface area (Å²) < 4.78 is 11.4. The van der Waals surface area contributed by atoms with Crippen molar-refractivity contribution in [3.8, 4) is 0 Å². The Balaban J connectivity index is 1.31. The first-order valence-corrected chi connectivity index (χ1v) is 17.9. The first-order valence-electron chi connectivity index (χ1n) is 16.0. The number of benzene rings is 2. The third kappa shape index (κ3) is 9.10. The van der Waals surface area contributed by atoms with Gasteiger partial charge in [0.2, 0.25) is 6.41 Å². The zero-order valence-electron chi connectivity index (χ0n) is 28.2. The number of β-lactam (4-membered cyclic amide) rings is 1. The van der Waals surface area contributed by atoms with E-state index >= 15 is 0 Å². The normalized spacial score (nSPS) is 17.2. The molecule has 0 aliphatic carbocycles. The quantitative estimate of drug-likeness (QED) is 0.0558. The molecule has 1 aromatic heterocycles. The molecule has 3 heterocycles. The Morgan fingerprint density at radius 1 is 1.10 bits per heavy atom. The summed E-state index contributed by atoms with van der Waals surface area (Å²) in [6.45, 7) is 9.15. The number of ether oxygens (including phenoxy) is 2. The van der Waals surface area contributed by atoms with Crippen molar-refractivity contribution in [1.82, 2.24) is 15.2 Å². The summed E-state index contributed by atoms with van der Waals surface area (Å²) in [5, 5.41) is 10.2. The van der Waals surface area contributed by atoms with Gasteiger partial charge in [0.25, 0.3) is 11.8 Å². The molecule has 0 saturated carbocycles. The zero-order valence-corrected chi connectivity index (χ0v) is 29.8. The number of thioether (sulfide) groups is 1. The topological polar surface area (TPSA) is 166 Å². The maximum absolute atomic E-state index is 13.9. The van der Waals surface area contributed by atoms with Crippen molar-refractivity contribution in [2.45, 2.75) is 56.7 Å². The van der Waals surface area contributed by atoms with Gasteiger partial charge in [-0.2, -0.15) is 0 Å². The van der Waals surface area contributed by atoms with E-state index in [1.165, 1.54) is 28.1 Å². The number of nitrogens with one attached hydrogen (secondary N) is 2. The number of hydrogen-bond acceptors (Lipinski definition) is 12. The van der Waals surface area contributed by atoms with Gasteiger partial charge in [0.05, 0.1) is 0 Å². The smallest absolute Gasteiger partial charge is 0.356 e. The predicted molar refractivity (Wildman–Crippen MR) is 192 cm³/mol. The van der Waals surface area contributed by atoms with Crippen LogP contribution >= 0.6 is 23.1 Å². The molecule has 2 aromatic carbocycles. The fraction of sp³-hybridized carbons (Fsp3) is 0.306. The molecule has 1 saturated heterocycles. The third-order valence-electron chi connectivity index (χ3n) is 7.49. The molecule has 5 rings (SSSR count). The summed E-state index contributed by atoms with van der Waals surface area (Å²) in [6.07, 6.45) is 1.58. The van der Waals surface area contributed by atoms with Crippen LogP contribution in [0.15, 0.2) is 95.1 Å². The van der Waals surface area contributed by atoms with Crippen molar-refractivity contribution in [2.24, 2.45) is 5.16 Å². The Hall–Kier alpha value is -5.28. The van der Waals surface area contributed by atoms with Crippen molar-refractivity contribution < 1.29 is 38.3 Å². The summed E-state index contributed by atoms with van der Waals surface area (Å²) in [6, 6.07) is 17.6. The van der Waals surface area contributed by atoms with Crippen LogP contribution in [0.25, 0.3) is 0 Å². The summed E-state index contributed by atoms with van der Waals surface area (Å²) in [5.41, 5.74) is 1.33. The molecule has 51 heavy (non-hydrogen) atoms. The van der Waals surface area contributed by atoms with Crippen LogP contribution in [0.1, 0.15) is 56.5 Å². The van der Waals surface area contributed by atoms with Crippen LogP contribution < -0.4 is 10.6 Å². The molecule has 266 valence electrons. The minimum atomic E-state index is -1.01. The minimum absolute atomic E-state index is 0.0121. The molecule has 1 unspecified atom stereocenters. The standard InChI is InChI=1S/C36H37N5O8S2/c1-5-22-19-50-33-28(32(45)41(33)29(22)34(46)48-30(23-13-8-6-9-14-23)24-15-10-7-11-16-24)39-31(44)27(25-20-51-35(38-25)37-21-42)40-47-18-12-17-26(43)49-36(2,3)4/h5-11,13-16,20-21,28,30,33H,1,12,17-19H2,2-4H3,(H,39,44)(H,37,38,42)/t28?,33-/m0/s1. The Morgan fingerprint density at radius 3 is 2.37 bits per heavy atom. The highest BCUT2D eigenvalue weighted by Gasteiger charge is 2.54. The number of oxime groups is 1. The van der Waals surface area contributed by atoms with E-state index in [0.29, 0.717) is 17.7 Å². The van der Waals surface area contributed by atoms with Crippen molar-refractivity contribution >= 4 is 64.1 Å². The number of fused-ring (bicyclic) bond motifs is 1. The van der Waals surface area contributed by atoms with Crippen LogP contribution in [0, 0.1) is 0 Å². The second-order valence-electron chi connectivity index (χ2n) is 12.3. The number of thiazole rings is 1. The van der Waals surface area contributed by atoms with E-state index in [9.17, 15) is 24.0 Å². The molecule has 3 amide bonds. The van der Waals surface area contributed by atoms with E-state index in [1.807, 2.05) is 60.7 Å². The molecule has 3 aromatic rings. The maximum atomic E-state index is 13.9. The third-order valence-corrected chi connectivity index (χ3v) is 9.57. The molecular weight excluding hydrogens is 695 g/mol. The Labute approximate surface area is 303 Å². The minimum Gasteiger partial charge on any atom is -0.460 e. The van der Waals surface area contributed by atoms with Crippen molar-refractivity contribution in [2.75, 3.05) is 17.7 Å². The fourth-order valence-electron chi connectivity index (χ4n) is 5.23. The Bertz CT molecular complexity index is 1800. The highest BCUT2D eigenvalue weighted by atomic mass is 32.2. The molecule has 2 aliphatic rings. The first-order chi connectivity index (χ1) is 24.5. The number of carbonyl (C=O) groups is 5. The van der Waals surface area contributed by atoms with Gasteiger partial charge in [0, 0.05) is 17.6 Å². The second kappa shape index (κ2) is 16.6. The van der Waals surface area contributed by atoms with E-state index < -0.39 is 46.9 Å². The van der Waals surface area contributed by atoms with E-state index in [2.05, 4.69) is 27.4 Å². The van der Waals surface area contributed by atoms with E-state index in [-0.39, 0.29) is 41.7 Å². The molecule has 0 radical (unpaired) electrons. The highest BCUT2D eigenvalue weighted by molar-refractivity contribution is 8.00. The lowest BCUT2D eigenvalue weighted by atomic mass is 10.0. The number of allylic oxidation sites excluding steroid dienone is 1. The summed E-state index contributed by atoms with van der Waals surface area (Å²) in [4.78, 5) is 75.2. The van der Waals surface area contributed by atoms with Gasteiger partial charge in [-0.3, -0.25) is 24.1 Å². The molecule has 2 N–H and O–H groups in total. The van der Waals surface area contributed by atoms with Crippen LogP contribution in [0.4, 0.5) is 5.13 Å². The largest absolute Gasteiger partial charge is 0.460 e. The average molecular weight is 732 g/mol. The van der Waals surface area contributed by atoms with Gasteiger partial charge < -0.3 is 24.9 Å². The number of rotatable bonds is 15. The van der Waals surface area contributed by atoms with Gasteiger partial charge in [0.15, 0.2) is 16.9 Å². The summed E-state index contributed by atoms with van der Waals surface area (Å²) in [5.74, 6) is -2.06. The molecule has 13 nitrogen and oxygen atoms in total. The molecule has 2 atom stereocenters. The summed E-state index contributed by atoms with van der Waals surface area (Å²) >= 11 is 2.42. The number of esters is 2. The SMILES string of the molecule is C=CC1=C(C(=O)OC(c2ccccc2)c2ccccc2)N2C(=O)C(NC(=O)C(=NOCCCC(=O)OC(C)(C)C)c3csc(NC=O)n3)[C@@H]2SC1. The van der Waals surface area contributed by atoms with E-state index in [0.717, 1.165) is 22.5 Å². The lowest BCUT2D eigenvalue weighted by Gasteiger charge is -2.49. The fourth-order valence-corrected chi connectivity index (χ4v) is 7.23. The Morgan fingerprint density at radius 2 is 1.76 bits per heavy atom. The predicted octanol–water partition coefficient (Wildman–Crippen LogP) is 4.73. The van der Waals surface area contributed by atoms with Crippen LogP contribution in [-0.4, -0.2) is 75.1 Å². The molecule has 0 spiro atoms. The van der Waals surface area contributed by atoms with Crippen molar-refractivity contribution in [1.29, 1.82) is 0 Å². The van der Waals surface area contributed by atoms with Crippen molar-refractivity contribution in [3.05, 3.63) is 107 Å². The number of hydrogen-bond donors (Lipinski definition) is 2. The lowest BCUT2D eigenvalue weighted by molar-refractivity contribution is -0.155. The Kier molecular flexibility index (Phi) is 12.1. The van der Waals surface area contributed by atoms with Gasteiger partial charge in [0.1, 0.15) is 35.0 Å². The van der Waals surface area contributed by atoms with Crippen LogP contribution in [0.5, 0.6) is 0 Å². The zero-order chi connectivity index (χ0) is 36.5. The highest BCUT2D eigenvalue weighted by Crippen LogP contribution is 2.42. The number of amides is 3. The lowest BCUT2D eigenvalue weighted by Crippen LogP contribution is -2.71. The van der Waals surface area contributed by atoms with Gasteiger partial charge >= 0.3 is 11.9 Å². The number of nitrogens with zero attached hydrogens (tertiary/aromatic N) is 3. The molecule has 15 heteroatoms. The monoisotopic (exact) mass is 731 g/mol. The molecule has 1 fully saturated rings. The van der Waals surface area contributed by atoms with E-state index in [4.69, 9.17) is 14.3 Å². The second-order valence-corrected chi connectivity index (χ2v) is 14.3. The molecular formula is C36H37N5O8S2. The molecule has 0 bridgehead atoms. The molecule has 2 aliphatic heterocycles. The number of aromatic nitrogens is 1. The van der Waals surface area contributed by atoms with Crippen molar-refractivity contribution in [3.63, 3.8) is 0 Å². The van der Waals surface area contributed by atoms with Gasteiger partial charge in [-0.25, -0.2) is 9.78 Å². The average Bonchev–Trinajstić information content (AvgIpc) is 3.58. The van der Waals surface area contributed by atoms with Gasteiger partial charge in [-0.05, 0) is 43.9 Å². The number of anilines is 1. The van der Waals surface area contributed by atoms with Gasteiger partial charge in [-0.15, -0.1) is 23.1 Å². The van der Waals surface area contributed by atoms with Gasteiger partial charge in [-0.1, -0.05) is 78.5 Å². The van der Waals surface area contributed by atoms with Crippen LogP contribution in [0.3, 0.4) is 0 Å². The summed E-state index contributed by atoms with van der Waals surface area (Å²) in [7, 11) is 0. The van der Waals surface area contributed by atoms with Crippen LogP contribution in [-0.2, 0) is 38.3 Å². The van der Waals surface area contributed by atoms with Crippen LogP contribution in [0.2, 0.25) is 0 Å². The first kappa shape index (κ1) is 37.0. The number of carbonyl (C=O) groups excluding carboxylic acids is 5.